The molecule has 0 unspecified atom stereocenters. The van der Waals surface area contributed by atoms with Crippen molar-refractivity contribution in [2.45, 2.75) is 20.3 Å². The molecular formula is C21H18ClN3O4. The molecule has 3 rings (SSSR count). The number of nitro groups is 1. The summed E-state index contributed by atoms with van der Waals surface area (Å²) < 4.78 is 5.61. The second kappa shape index (κ2) is 8.70. The number of hydrogen-bond acceptors (Lipinski definition) is 5. The van der Waals surface area contributed by atoms with Gasteiger partial charge in [0.25, 0.3) is 5.69 Å². The first-order valence-corrected chi connectivity index (χ1v) is 9.13. The highest BCUT2D eigenvalue weighted by Crippen LogP contribution is 2.32. The summed E-state index contributed by atoms with van der Waals surface area (Å²) in [5.74, 6) is 0.484. The normalized spacial score (nSPS) is 11.0. The summed E-state index contributed by atoms with van der Waals surface area (Å²) in [6.07, 6.45) is 1.57. The van der Waals surface area contributed by atoms with Crippen LogP contribution in [-0.4, -0.2) is 17.0 Å². The van der Waals surface area contributed by atoms with E-state index in [1.165, 1.54) is 24.4 Å². The van der Waals surface area contributed by atoms with Crippen molar-refractivity contribution in [1.82, 2.24) is 5.43 Å². The van der Waals surface area contributed by atoms with Gasteiger partial charge in [0.2, 0.25) is 5.91 Å². The number of aryl methyl sites for hydroxylation is 2. The molecule has 0 saturated carbocycles. The third-order valence-electron chi connectivity index (χ3n) is 4.28. The van der Waals surface area contributed by atoms with Gasteiger partial charge in [0.05, 0.1) is 22.6 Å². The van der Waals surface area contributed by atoms with Crippen molar-refractivity contribution in [3.8, 4) is 11.3 Å². The Morgan fingerprint density at radius 1 is 1.21 bits per heavy atom. The van der Waals surface area contributed by atoms with Gasteiger partial charge >= 0.3 is 0 Å². The zero-order chi connectivity index (χ0) is 21.0. The zero-order valence-corrected chi connectivity index (χ0v) is 16.6. The predicted molar refractivity (Wildman–Crippen MR) is 111 cm³/mol. The topological polar surface area (TPSA) is 97.7 Å². The van der Waals surface area contributed by atoms with E-state index in [9.17, 15) is 14.9 Å². The van der Waals surface area contributed by atoms with Crippen molar-refractivity contribution in [3.63, 3.8) is 0 Å². The van der Waals surface area contributed by atoms with Crippen molar-refractivity contribution < 1.29 is 14.1 Å². The van der Waals surface area contributed by atoms with E-state index >= 15 is 0 Å². The third-order valence-corrected chi connectivity index (χ3v) is 4.61. The Hall–Kier alpha value is -3.45. The fraction of sp³-hybridized carbons (Fsp3) is 0.143. The van der Waals surface area contributed by atoms with Gasteiger partial charge < -0.3 is 4.42 Å². The molecule has 3 aromatic rings. The molecule has 2 aromatic carbocycles. The van der Waals surface area contributed by atoms with Crippen LogP contribution in [0.3, 0.4) is 0 Å². The summed E-state index contributed by atoms with van der Waals surface area (Å²) in [5.41, 5.74) is 5.90. The van der Waals surface area contributed by atoms with E-state index in [0.717, 1.165) is 16.7 Å². The number of amides is 1. The summed E-state index contributed by atoms with van der Waals surface area (Å²) in [4.78, 5) is 22.5. The average molecular weight is 412 g/mol. The summed E-state index contributed by atoms with van der Waals surface area (Å²) in [5, 5.41) is 15.2. The largest absolute Gasteiger partial charge is 0.455 e. The van der Waals surface area contributed by atoms with Gasteiger partial charge in [-0.3, -0.25) is 14.9 Å². The van der Waals surface area contributed by atoms with E-state index in [2.05, 4.69) is 10.5 Å². The van der Waals surface area contributed by atoms with Gasteiger partial charge in [-0.15, -0.1) is 0 Å². The SMILES string of the molecule is Cc1ccc(CC(=O)N/N=C/c2ccc(-c3cc([N+](=O)[O-])ccc3Cl)o2)c(C)c1. The van der Waals surface area contributed by atoms with Crippen LogP contribution in [0.1, 0.15) is 22.5 Å². The lowest BCUT2D eigenvalue weighted by Gasteiger charge is -2.05. The highest BCUT2D eigenvalue weighted by Gasteiger charge is 2.14. The molecule has 1 heterocycles. The molecule has 29 heavy (non-hydrogen) atoms. The number of nitrogens with one attached hydrogen (secondary N) is 1. The summed E-state index contributed by atoms with van der Waals surface area (Å²) in [6.45, 7) is 3.96. The van der Waals surface area contributed by atoms with Crippen molar-refractivity contribution in [2.24, 2.45) is 5.10 Å². The number of rotatable bonds is 6. The number of halogens is 1. The standard InChI is InChI=1S/C21H18ClN3O4/c1-13-3-4-15(14(2)9-13)10-21(26)24-23-12-17-6-8-20(29-17)18-11-16(25(27)28)5-7-19(18)22/h3-9,11-12H,10H2,1-2H3,(H,24,26)/b23-12+. The van der Waals surface area contributed by atoms with Crippen molar-refractivity contribution >= 4 is 29.4 Å². The minimum absolute atomic E-state index is 0.0883. The Kier molecular flexibility index (Phi) is 6.09. The lowest BCUT2D eigenvalue weighted by molar-refractivity contribution is -0.384. The average Bonchev–Trinajstić information content (AvgIpc) is 3.13. The second-order valence-corrected chi connectivity index (χ2v) is 6.93. The monoisotopic (exact) mass is 411 g/mol. The van der Waals surface area contributed by atoms with E-state index < -0.39 is 4.92 Å². The molecule has 1 amide bonds. The van der Waals surface area contributed by atoms with Crippen LogP contribution in [0.5, 0.6) is 0 Å². The van der Waals surface area contributed by atoms with E-state index in [1.54, 1.807) is 12.1 Å². The first kappa shape index (κ1) is 20.3. The van der Waals surface area contributed by atoms with Gasteiger partial charge in [0.1, 0.15) is 11.5 Å². The molecule has 0 fully saturated rings. The van der Waals surface area contributed by atoms with Crippen LogP contribution >= 0.6 is 11.6 Å². The Labute approximate surface area is 172 Å². The maximum Gasteiger partial charge on any atom is 0.270 e. The molecule has 7 nitrogen and oxygen atoms in total. The van der Waals surface area contributed by atoms with Gasteiger partial charge in [0, 0.05) is 17.7 Å². The summed E-state index contributed by atoms with van der Waals surface area (Å²) in [6, 6.07) is 13.3. The Morgan fingerprint density at radius 2 is 2.00 bits per heavy atom. The van der Waals surface area contributed by atoms with Gasteiger partial charge in [0.15, 0.2) is 0 Å². The van der Waals surface area contributed by atoms with E-state index in [1.807, 2.05) is 32.0 Å². The van der Waals surface area contributed by atoms with E-state index in [0.29, 0.717) is 22.1 Å². The molecule has 1 aromatic heterocycles. The van der Waals surface area contributed by atoms with Crippen LogP contribution in [-0.2, 0) is 11.2 Å². The van der Waals surface area contributed by atoms with Gasteiger partial charge in [-0.05, 0) is 43.2 Å². The number of nitrogens with zero attached hydrogens (tertiary/aromatic N) is 2. The maximum atomic E-state index is 12.1. The van der Waals surface area contributed by atoms with E-state index in [4.69, 9.17) is 16.0 Å². The number of furan rings is 1. The van der Waals surface area contributed by atoms with Crippen LogP contribution in [0.25, 0.3) is 11.3 Å². The quantitative estimate of drug-likeness (QED) is 0.357. The molecule has 0 spiro atoms. The highest BCUT2D eigenvalue weighted by atomic mass is 35.5. The van der Waals surface area contributed by atoms with Crippen molar-refractivity contribution in [1.29, 1.82) is 0 Å². The third kappa shape index (κ3) is 5.08. The van der Waals surface area contributed by atoms with Crippen LogP contribution in [0, 0.1) is 24.0 Å². The van der Waals surface area contributed by atoms with Crippen LogP contribution in [0.4, 0.5) is 5.69 Å². The Balaban J connectivity index is 1.65. The first-order chi connectivity index (χ1) is 13.8. The lowest BCUT2D eigenvalue weighted by atomic mass is 10.0. The molecule has 0 saturated heterocycles. The molecule has 0 bridgehead atoms. The molecule has 148 valence electrons. The molecule has 1 N–H and O–H groups in total. The molecular weight excluding hydrogens is 394 g/mol. The fourth-order valence-electron chi connectivity index (χ4n) is 2.81. The van der Waals surface area contributed by atoms with Crippen molar-refractivity contribution in [2.75, 3.05) is 0 Å². The molecule has 8 heteroatoms. The van der Waals surface area contributed by atoms with Gasteiger partial charge in [-0.2, -0.15) is 5.10 Å². The van der Waals surface area contributed by atoms with E-state index in [-0.39, 0.29) is 18.0 Å². The molecule has 0 aliphatic rings. The number of hydrogen-bond donors (Lipinski definition) is 1. The minimum Gasteiger partial charge on any atom is -0.455 e. The summed E-state index contributed by atoms with van der Waals surface area (Å²) in [7, 11) is 0. The number of carbonyl (C=O) groups is 1. The maximum absolute atomic E-state index is 12.1. The molecule has 0 radical (unpaired) electrons. The van der Waals surface area contributed by atoms with Gasteiger partial charge in [-0.1, -0.05) is 35.4 Å². The number of nitro benzene ring substituents is 1. The number of carbonyl (C=O) groups excluding carboxylic acids is 1. The smallest absolute Gasteiger partial charge is 0.270 e. The number of non-ortho nitro benzene ring substituents is 1. The molecule has 0 aliphatic heterocycles. The second-order valence-electron chi connectivity index (χ2n) is 6.52. The first-order valence-electron chi connectivity index (χ1n) is 8.75. The lowest BCUT2D eigenvalue weighted by Crippen LogP contribution is -2.20. The predicted octanol–water partition coefficient (Wildman–Crippen LogP) is 4.82. The summed E-state index contributed by atoms with van der Waals surface area (Å²) >= 11 is 6.12. The highest BCUT2D eigenvalue weighted by molar-refractivity contribution is 6.33. The van der Waals surface area contributed by atoms with Crippen LogP contribution < -0.4 is 5.43 Å². The molecule has 0 aliphatic carbocycles. The molecule has 0 atom stereocenters. The zero-order valence-electron chi connectivity index (χ0n) is 15.8. The van der Waals surface area contributed by atoms with Crippen LogP contribution in [0.2, 0.25) is 5.02 Å². The van der Waals surface area contributed by atoms with Crippen molar-refractivity contribution in [3.05, 3.63) is 86.1 Å². The van der Waals surface area contributed by atoms with Gasteiger partial charge in [-0.25, -0.2) is 5.43 Å². The minimum atomic E-state index is -0.504. The fourth-order valence-corrected chi connectivity index (χ4v) is 3.02. The number of benzene rings is 2. The number of hydrazone groups is 1. The Morgan fingerprint density at radius 3 is 2.72 bits per heavy atom. The van der Waals surface area contributed by atoms with Crippen LogP contribution in [0.15, 0.2) is 58.0 Å². The Bertz CT molecular complexity index is 1110.